The first-order chi connectivity index (χ1) is 9.38. The number of nitrogens with one attached hydrogen (secondary N) is 1. The molecule has 0 aromatic heterocycles. The maximum absolute atomic E-state index is 11.2. The Kier molecular flexibility index (Phi) is 4.83. The SMILES string of the molecule is CC(C)C(NCCc1ccc(S(N)(=O)=O)cc1)C1CC1. The Labute approximate surface area is 121 Å². The molecule has 1 aliphatic rings. The monoisotopic (exact) mass is 296 g/mol. The van der Waals surface area contributed by atoms with Gasteiger partial charge in [-0.25, -0.2) is 13.6 Å². The molecule has 0 saturated heterocycles. The van der Waals surface area contributed by atoms with Crippen LogP contribution in [0.2, 0.25) is 0 Å². The Balaban J connectivity index is 1.85. The van der Waals surface area contributed by atoms with Crippen molar-refractivity contribution in [2.45, 2.75) is 44.0 Å². The number of primary sulfonamides is 1. The van der Waals surface area contributed by atoms with Crippen molar-refractivity contribution in [2.75, 3.05) is 6.54 Å². The average Bonchev–Trinajstić information content (AvgIpc) is 3.18. The molecule has 3 N–H and O–H groups in total. The summed E-state index contributed by atoms with van der Waals surface area (Å²) < 4.78 is 22.3. The van der Waals surface area contributed by atoms with Crippen LogP contribution in [-0.2, 0) is 16.4 Å². The highest BCUT2D eigenvalue weighted by atomic mass is 32.2. The Morgan fingerprint density at radius 1 is 1.25 bits per heavy atom. The molecular weight excluding hydrogens is 272 g/mol. The molecule has 1 atom stereocenters. The highest BCUT2D eigenvalue weighted by Gasteiger charge is 2.32. The number of sulfonamides is 1. The van der Waals surface area contributed by atoms with Crippen LogP contribution in [0.15, 0.2) is 29.2 Å². The van der Waals surface area contributed by atoms with E-state index in [1.54, 1.807) is 12.1 Å². The van der Waals surface area contributed by atoms with E-state index in [9.17, 15) is 8.42 Å². The minimum absolute atomic E-state index is 0.173. The first-order valence-corrected chi connectivity index (χ1v) is 8.77. The standard InChI is InChI=1S/C15H24N2O2S/c1-11(2)15(13-5-6-13)17-10-9-12-3-7-14(8-4-12)20(16,18)19/h3-4,7-8,11,13,15,17H,5-6,9-10H2,1-2H3,(H2,16,18,19). The predicted molar refractivity (Wildman–Crippen MR) is 80.9 cm³/mol. The molecule has 0 heterocycles. The second kappa shape index (κ2) is 6.24. The largest absolute Gasteiger partial charge is 0.313 e. The van der Waals surface area contributed by atoms with Gasteiger partial charge in [0.2, 0.25) is 10.0 Å². The van der Waals surface area contributed by atoms with E-state index in [0.29, 0.717) is 12.0 Å². The Bertz CT molecular complexity index is 531. The minimum Gasteiger partial charge on any atom is -0.313 e. The lowest BCUT2D eigenvalue weighted by Crippen LogP contribution is -2.37. The van der Waals surface area contributed by atoms with Crippen molar-refractivity contribution in [3.05, 3.63) is 29.8 Å². The number of hydrogen-bond donors (Lipinski definition) is 2. The zero-order valence-corrected chi connectivity index (χ0v) is 13.0. The first kappa shape index (κ1) is 15.5. The maximum Gasteiger partial charge on any atom is 0.238 e. The lowest BCUT2D eigenvalue weighted by molar-refractivity contribution is 0.363. The van der Waals surface area contributed by atoms with Crippen molar-refractivity contribution in [1.29, 1.82) is 0 Å². The Morgan fingerprint density at radius 2 is 1.85 bits per heavy atom. The van der Waals surface area contributed by atoms with Gasteiger partial charge in [-0.1, -0.05) is 26.0 Å². The van der Waals surface area contributed by atoms with E-state index in [4.69, 9.17) is 5.14 Å². The van der Waals surface area contributed by atoms with Crippen LogP contribution in [0, 0.1) is 11.8 Å². The fourth-order valence-electron chi connectivity index (χ4n) is 2.63. The van der Waals surface area contributed by atoms with Gasteiger partial charge in [-0.2, -0.15) is 0 Å². The smallest absolute Gasteiger partial charge is 0.238 e. The van der Waals surface area contributed by atoms with E-state index in [1.165, 1.54) is 12.8 Å². The lowest BCUT2D eigenvalue weighted by Gasteiger charge is -2.22. The predicted octanol–water partition coefficient (Wildman–Crippen LogP) is 1.90. The summed E-state index contributed by atoms with van der Waals surface area (Å²) in [6.45, 7) is 5.45. The molecule has 1 saturated carbocycles. The van der Waals surface area contributed by atoms with E-state index >= 15 is 0 Å². The number of rotatable bonds is 7. The van der Waals surface area contributed by atoms with Crippen LogP contribution in [0.3, 0.4) is 0 Å². The summed E-state index contributed by atoms with van der Waals surface area (Å²) in [5.41, 5.74) is 1.13. The van der Waals surface area contributed by atoms with Crippen LogP contribution in [-0.4, -0.2) is 21.0 Å². The highest BCUT2D eigenvalue weighted by molar-refractivity contribution is 7.89. The second-order valence-electron chi connectivity index (χ2n) is 6.00. The molecular formula is C15H24N2O2S. The molecule has 1 fully saturated rings. The zero-order chi connectivity index (χ0) is 14.8. The molecule has 4 nitrogen and oxygen atoms in total. The molecule has 112 valence electrons. The number of benzene rings is 1. The van der Waals surface area contributed by atoms with Crippen molar-refractivity contribution in [3.63, 3.8) is 0 Å². The summed E-state index contributed by atoms with van der Waals surface area (Å²) in [6, 6.07) is 7.43. The molecule has 0 spiro atoms. The Hall–Kier alpha value is -0.910. The third-order valence-electron chi connectivity index (χ3n) is 3.89. The van der Waals surface area contributed by atoms with Crippen LogP contribution in [0.5, 0.6) is 0 Å². The second-order valence-corrected chi connectivity index (χ2v) is 7.56. The first-order valence-electron chi connectivity index (χ1n) is 7.23. The normalized spacial score (nSPS) is 17.4. The summed E-state index contributed by atoms with van der Waals surface area (Å²) in [5, 5.41) is 8.71. The van der Waals surface area contributed by atoms with Gasteiger partial charge in [0.1, 0.15) is 0 Å². The molecule has 1 aliphatic carbocycles. The molecule has 2 rings (SSSR count). The third kappa shape index (κ3) is 4.30. The average molecular weight is 296 g/mol. The minimum atomic E-state index is -3.58. The molecule has 1 aromatic rings. The van der Waals surface area contributed by atoms with Crippen molar-refractivity contribution in [2.24, 2.45) is 17.0 Å². The van der Waals surface area contributed by atoms with E-state index in [2.05, 4.69) is 19.2 Å². The van der Waals surface area contributed by atoms with Gasteiger partial charge in [0.15, 0.2) is 0 Å². The molecule has 0 radical (unpaired) electrons. The number of nitrogens with two attached hydrogens (primary N) is 1. The summed E-state index contributed by atoms with van der Waals surface area (Å²) in [6.07, 6.45) is 3.60. The van der Waals surface area contributed by atoms with Gasteiger partial charge >= 0.3 is 0 Å². The van der Waals surface area contributed by atoms with Crippen LogP contribution < -0.4 is 10.5 Å². The molecule has 1 aromatic carbocycles. The fraction of sp³-hybridized carbons (Fsp3) is 0.600. The summed E-state index contributed by atoms with van der Waals surface area (Å²) in [5.74, 6) is 1.51. The van der Waals surface area contributed by atoms with E-state index in [1.807, 2.05) is 12.1 Å². The summed E-state index contributed by atoms with van der Waals surface area (Å²) in [4.78, 5) is 0.173. The molecule has 5 heteroatoms. The maximum atomic E-state index is 11.2. The van der Waals surface area contributed by atoms with Crippen LogP contribution in [0.1, 0.15) is 32.3 Å². The molecule has 0 aliphatic heterocycles. The molecule has 1 unspecified atom stereocenters. The number of hydrogen-bond acceptors (Lipinski definition) is 3. The lowest BCUT2D eigenvalue weighted by atomic mass is 9.99. The van der Waals surface area contributed by atoms with Crippen molar-refractivity contribution in [1.82, 2.24) is 5.32 Å². The topological polar surface area (TPSA) is 72.2 Å². The van der Waals surface area contributed by atoms with Gasteiger partial charge in [0.25, 0.3) is 0 Å². The Morgan fingerprint density at radius 3 is 2.30 bits per heavy atom. The molecule has 0 amide bonds. The van der Waals surface area contributed by atoms with E-state index < -0.39 is 10.0 Å². The van der Waals surface area contributed by atoms with Crippen LogP contribution in [0.4, 0.5) is 0 Å². The van der Waals surface area contributed by atoms with Gasteiger partial charge in [0, 0.05) is 6.04 Å². The van der Waals surface area contributed by atoms with Crippen LogP contribution in [0.25, 0.3) is 0 Å². The van der Waals surface area contributed by atoms with Gasteiger partial charge < -0.3 is 5.32 Å². The van der Waals surface area contributed by atoms with Gasteiger partial charge in [-0.3, -0.25) is 0 Å². The van der Waals surface area contributed by atoms with Crippen molar-refractivity contribution >= 4 is 10.0 Å². The zero-order valence-electron chi connectivity index (χ0n) is 12.2. The summed E-state index contributed by atoms with van der Waals surface area (Å²) in [7, 11) is -3.58. The van der Waals surface area contributed by atoms with Crippen molar-refractivity contribution in [3.8, 4) is 0 Å². The van der Waals surface area contributed by atoms with Gasteiger partial charge in [-0.05, 0) is 55.3 Å². The molecule has 20 heavy (non-hydrogen) atoms. The third-order valence-corrected chi connectivity index (χ3v) is 4.82. The van der Waals surface area contributed by atoms with Crippen LogP contribution >= 0.6 is 0 Å². The van der Waals surface area contributed by atoms with E-state index in [-0.39, 0.29) is 4.90 Å². The van der Waals surface area contributed by atoms with Gasteiger partial charge in [-0.15, -0.1) is 0 Å². The van der Waals surface area contributed by atoms with E-state index in [0.717, 1.165) is 24.4 Å². The van der Waals surface area contributed by atoms with Gasteiger partial charge in [0.05, 0.1) is 4.90 Å². The molecule has 0 bridgehead atoms. The highest BCUT2D eigenvalue weighted by Crippen LogP contribution is 2.35. The summed E-state index contributed by atoms with van der Waals surface area (Å²) >= 11 is 0. The van der Waals surface area contributed by atoms with Crippen molar-refractivity contribution < 1.29 is 8.42 Å². The fourth-order valence-corrected chi connectivity index (χ4v) is 3.15. The quantitative estimate of drug-likeness (QED) is 0.807.